The van der Waals surface area contributed by atoms with E-state index in [1.54, 1.807) is 37.4 Å². The highest BCUT2D eigenvalue weighted by molar-refractivity contribution is 5.93. The number of fused-ring (bicyclic) bond motifs is 1. The Labute approximate surface area is 148 Å². The van der Waals surface area contributed by atoms with Crippen molar-refractivity contribution in [3.63, 3.8) is 0 Å². The molecule has 1 aromatic heterocycles. The standard InChI is InChI=1S/C18H16N2O6/c1-20-16(14-3-2-6-23-14)12(8-19-18(20)22)17(21)24-9-11-4-5-13-15(7-11)26-10-25-13/h2-8,16H,9-10H2,1H3,(H,19,22). The molecule has 0 radical (unpaired) electrons. The summed E-state index contributed by atoms with van der Waals surface area (Å²) in [6, 6.07) is 7.76. The number of amides is 2. The van der Waals surface area contributed by atoms with Crippen LogP contribution in [0.15, 0.2) is 52.8 Å². The third-order valence-electron chi connectivity index (χ3n) is 4.21. The van der Waals surface area contributed by atoms with Gasteiger partial charge in [0.1, 0.15) is 18.4 Å². The van der Waals surface area contributed by atoms with Crippen LogP contribution in [0.2, 0.25) is 0 Å². The predicted molar refractivity (Wildman–Crippen MR) is 88.2 cm³/mol. The van der Waals surface area contributed by atoms with E-state index in [0.717, 1.165) is 5.56 Å². The van der Waals surface area contributed by atoms with Crippen molar-refractivity contribution < 1.29 is 28.2 Å². The second kappa shape index (κ2) is 6.47. The van der Waals surface area contributed by atoms with E-state index < -0.39 is 12.0 Å². The molecule has 2 aliphatic heterocycles. The molecule has 1 unspecified atom stereocenters. The molecule has 0 spiro atoms. The van der Waals surface area contributed by atoms with Gasteiger partial charge in [-0.1, -0.05) is 6.07 Å². The molecule has 0 saturated carbocycles. The van der Waals surface area contributed by atoms with Gasteiger partial charge in [0.05, 0.1) is 11.8 Å². The minimum Gasteiger partial charge on any atom is -0.467 e. The summed E-state index contributed by atoms with van der Waals surface area (Å²) < 4.78 is 21.4. The minimum atomic E-state index is -0.650. The summed E-state index contributed by atoms with van der Waals surface area (Å²) in [5, 5.41) is 2.53. The third kappa shape index (κ3) is 2.85. The lowest BCUT2D eigenvalue weighted by molar-refractivity contribution is -0.141. The van der Waals surface area contributed by atoms with E-state index in [2.05, 4.69) is 5.32 Å². The van der Waals surface area contributed by atoms with Gasteiger partial charge in [-0.25, -0.2) is 9.59 Å². The number of nitrogens with one attached hydrogen (secondary N) is 1. The molecule has 3 heterocycles. The van der Waals surface area contributed by atoms with E-state index in [1.807, 2.05) is 0 Å². The molecule has 0 saturated heterocycles. The van der Waals surface area contributed by atoms with Crippen molar-refractivity contribution in [3.05, 3.63) is 59.7 Å². The molecule has 1 aromatic carbocycles. The highest BCUT2D eigenvalue weighted by Crippen LogP contribution is 2.33. The lowest BCUT2D eigenvalue weighted by Gasteiger charge is -2.31. The summed E-state index contributed by atoms with van der Waals surface area (Å²) in [6.07, 6.45) is 2.85. The van der Waals surface area contributed by atoms with Crippen molar-refractivity contribution in [1.82, 2.24) is 10.2 Å². The normalized spacial score (nSPS) is 18.3. The van der Waals surface area contributed by atoms with Gasteiger partial charge in [-0.3, -0.25) is 0 Å². The molecule has 0 aliphatic carbocycles. The first-order valence-corrected chi connectivity index (χ1v) is 7.96. The molecule has 2 aliphatic rings. The van der Waals surface area contributed by atoms with Crippen molar-refractivity contribution in [2.45, 2.75) is 12.6 Å². The number of esters is 1. The third-order valence-corrected chi connectivity index (χ3v) is 4.21. The molecule has 8 nitrogen and oxygen atoms in total. The van der Waals surface area contributed by atoms with E-state index in [0.29, 0.717) is 17.3 Å². The summed E-state index contributed by atoms with van der Waals surface area (Å²) in [5.41, 5.74) is 1.05. The van der Waals surface area contributed by atoms with Crippen LogP contribution in [-0.2, 0) is 16.1 Å². The Bertz CT molecular complexity index is 874. The molecule has 2 aromatic rings. The summed E-state index contributed by atoms with van der Waals surface area (Å²) in [7, 11) is 1.58. The fourth-order valence-electron chi connectivity index (χ4n) is 2.87. The zero-order valence-electron chi connectivity index (χ0n) is 13.9. The van der Waals surface area contributed by atoms with Crippen LogP contribution in [0.25, 0.3) is 0 Å². The number of hydrogen-bond acceptors (Lipinski definition) is 6. The fourth-order valence-corrected chi connectivity index (χ4v) is 2.87. The Hall–Kier alpha value is -3.42. The molecule has 1 atom stereocenters. The number of hydrogen-bond donors (Lipinski definition) is 1. The number of likely N-dealkylation sites (N-methyl/N-ethyl adjacent to an activating group) is 1. The van der Waals surface area contributed by atoms with Crippen molar-refractivity contribution in [2.24, 2.45) is 0 Å². The molecule has 134 valence electrons. The van der Waals surface area contributed by atoms with Gasteiger partial charge in [0.15, 0.2) is 11.5 Å². The van der Waals surface area contributed by atoms with Gasteiger partial charge in [0.25, 0.3) is 0 Å². The molecule has 1 N–H and O–H groups in total. The monoisotopic (exact) mass is 356 g/mol. The van der Waals surface area contributed by atoms with Crippen LogP contribution in [0.4, 0.5) is 4.79 Å². The van der Waals surface area contributed by atoms with E-state index in [1.165, 1.54) is 17.4 Å². The smallest absolute Gasteiger partial charge is 0.338 e. The lowest BCUT2D eigenvalue weighted by atomic mass is 10.0. The van der Waals surface area contributed by atoms with Gasteiger partial charge in [-0.15, -0.1) is 0 Å². The van der Waals surface area contributed by atoms with Crippen LogP contribution in [0, 0.1) is 0 Å². The van der Waals surface area contributed by atoms with Gasteiger partial charge < -0.3 is 28.8 Å². The van der Waals surface area contributed by atoms with E-state index in [4.69, 9.17) is 18.6 Å². The van der Waals surface area contributed by atoms with Gasteiger partial charge in [-0.05, 0) is 29.8 Å². The van der Waals surface area contributed by atoms with Crippen molar-refractivity contribution in [2.75, 3.05) is 13.8 Å². The van der Waals surface area contributed by atoms with E-state index in [-0.39, 0.29) is 25.0 Å². The summed E-state index contributed by atoms with van der Waals surface area (Å²) >= 11 is 0. The maximum atomic E-state index is 12.6. The Morgan fingerprint density at radius 2 is 2.15 bits per heavy atom. The largest absolute Gasteiger partial charge is 0.467 e. The number of nitrogens with zero attached hydrogens (tertiary/aromatic N) is 1. The summed E-state index contributed by atoms with van der Waals surface area (Å²) in [6.45, 7) is 0.248. The number of ether oxygens (including phenoxy) is 3. The Kier molecular flexibility index (Phi) is 4.00. The van der Waals surface area contributed by atoms with Crippen molar-refractivity contribution >= 4 is 12.0 Å². The SMILES string of the molecule is CN1C(=O)NC=C(C(=O)OCc2ccc3c(c2)OCO3)C1c1ccco1. The average molecular weight is 356 g/mol. The number of furan rings is 1. The molecule has 2 amide bonds. The first-order chi connectivity index (χ1) is 12.6. The summed E-state index contributed by atoms with van der Waals surface area (Å²) in [4.78, 5) is 25.9. The molecule has 0 fully saturated rings. The summed E-state index contributed by atoms with van der Waals surface area (Å²) in [5.74, 6) is 1.22. The molecular weight excluding hydrogens is 340 g/mol. The first-order valence-electron chi connectivity index (χ1n) is 7.96. The average Bonchev–Trinajstić information content (AvgIpc) is 3.32. The van der Waals surface area contributed by atoms with E-state index >= 15 is 0 Å². The van der Waals surface area contributed by atoms with Crippen molar-refractivity contribution in [3.8, 4) is 11.5 Å². The van der Waals surface area contributed by atoms with Gasteiger partial charge in [-0.2, -0.15) is 0 Å². The second-order valence-corrected chi connectivity index (χ2v) is 5.84. The van der Waals surface area contributed by atoms with Crippen LogP contribution in [0.1, 0.15) is 17.4 Å². The highest BCUT2D eigenvalue weighted by Gasteiger charge is 2.35. The van der Waals surface area contributed by atoms with Gasteiger partial charge in [0, 0.05) is 13.2 Å². The number of urea groups is 1. The van der Waals surface area contributed by atoms with Crippen molar-refractivity contribution in [1.29, 1.82) is 0 Å². The number of carbonyl (C=O) groups excluding carboxylic acids is 2. The Morgan fingerprint density at radius 3 is 2.96 bits per heavy atom. The van der Waals surface area contributed by atoms with Crippen LogP contribution < -0.4 is 14.8 Å². The van der Waals surface area contributed by atoms with Gasteiger partial charge >= 0.3 is 12.0 Å². The van der Waals surface area contributed by atoms with Gasteiger partial charge in [0.2, 0.25) is 6.79 Å². The molecular formula is C18H16N2O6. The zero-order valence-corrected chi connectivity index (χ0v) is 13.9. The highest BCUT2D eigenvalue weighted by atomic mass is 16.7. The fraction of sp³-hybridized carbons (Fsp3) is 0.222. The first kappa shape index (κ1) is 16.1. The number of carbonyl (C=O) groups is 2. The number of benzene rings is 1. The lowest BCUT2D eigenvalue weighted by Crippen LogP contribution is -2.44. The molecule has 0 bridgehead atoms. The predicted octanol–water partition coefficient (Wildman–Crippen LogP) is 2.33. The Balaban J connectivity index is 1.50. The van der Waals surface area contributed by atoms with Crippen LogP contribution in [-0.4, -0.2) is 30.7 Å². The second-order valence-electron chi connectivity index (χ2n) is 5.84. The zero-order chi connectivity index (χ0) is 18.1. The van der Waals surface area contributed by atoms with E-state index in [9.17, 15) is 9.59 Å². The van der Waals surface area contributed by atoms with Crippen LogP contribution >= 0.6 is 0 Å². The maximum absolute atomic E-state index is 12.6. The molecule has 4 rings (SSSR count). The Morgan fingerprint density at radius 1 is 1.31 bits per heavy atom. The van der Waals surface area contributed by atoms with Crippen LogP contribution in [0.5, 0.6) is 11.5 Å². The maximum Gasteiger partial charge on any atom is 0.338 e. The molecule has 26 heavy (non-hydrogen) atoms. The molecule has 8 heteroatoms. The topological polar surface area (TPSA) is 90.2 Å². The van der Waals surface area contributed by atoms with Crippen LogP contribution in [0.3, 0.4) is 0 Å². The minimum absolute atomic E-state index is 0.0648. The number of rotatable bonds is 4. The quantitative estimate of drug-likeness (QED) is 0.846.